The fourth-order valence-electron chi connectivity index (χ4n) is 2.19. The van der Waals surface area contributed by atoms with E-state index in [4.69, 9.17) is 39.5 Å². The van der Waals surface area contributed by atoms with Crippen LogP contribution in [0.1, 0.15) is 18.2 Å². The first-order valence-corrected chi connectivity index (χ1v) is 10.1. The van der Waals surface area contributed by atoms with E-state index >= 15 is 0 Å². The fourth-order valence-corrected chi connectivity index (χ4v) is 6.44. The van der Waals surface area contributed by atoms with Gasteiger partial charge in [0.2, 0.25) is 3.12 Å². The second-order valence-electron chi connectivity index (χ2n) is 4.85. The SMILES string of the molecule is Cc1cn([C@H]2C[C@@H](S(=O)SC(Cl)(Cl)Cl)[C@@H](CO)O2)c(=O)[nH]c1=O. The van der Waals surface area contributed by atoms with E-state index in [1.54, 1.807) is 6.92 Å². The molecule has 1 saturated heterocycles. The molecule has 1 fully saturated rings. The number of aliphatic hydroxyl groups excluding tert-OH is 1. The number of alkyl halides is 3. The van der Waals surface area contributed by atoms with E-state index in [-0.39, 0.29) is 6.42 Å². The Balaban J connectivity index is 2.25. The van der Waals surface area contributed by atoms with Gasteiger partial charge in [-0.15, -0.1) is 0 Å². The number of H-pyrrole nitrogens is 1. The van der Waals surface area contributed by atoms with E-state index in [9.17, 15) is 18.9 Å². The highest BCUT2D eigenvalue weighted by Gasteiger charge is 2.42. The number of ether oxygens (including phenoxy) is 1. The summed E-state index contributed by atoms with van der Waals surface area (Å²) >= 11 is 16.9. The molecule has 0 bridgehead atoms. The molecule has 2 rings (SSSR count). The zero-order valence-electron chi connectivity index (χ0n) is 11.7. The van der Waals surface area contributed by atoms with Crippen molar-refractivity contribution in [2.45, 2.75) is 34.1 Å². The number of aryl methyl sites for hydroxylation is 1. The molecule has 0 spiro atoms. The minimum Gasteiger partial charge on any atom is -0.394 e. The van der Waals surface area contributed by atoms with Crippen molar-refractivity contribution in [3.8, 4) is 0 Å². The molecule has 0 amide bonds. The van der Waals surface area contributed by atoms with E-state index in [0.717, 1.165) is 0 Å². The van der Waals surface area contributed by atoms with Gasteiger partial charge >= 0.3 is 5.69 Å². The first kappa shape index (κ1) is 19.3. The molecule has 12 heteroatoms. The number of aromatic amines is 1. The first-order valence-electron chi connectivity index (χ1n) is 6.37. The molecule has 0 aromatic carbocycles. The van der Waals surface area contributed by atoms with Crippen LogP contribution in [-0.4, -0.2) is 40.0 Å². The van der Waals surface area contributed by atoms with E-state index in [0.29, 0.717) is 16.4 Å². The topological polar surface area (TPSA) is 101 Å². The van der Waals surface area contributed by atoms with Gasteiger partial charge in [0, 0.05) is 18.2 Å². The molecule has 130 valence electrons. The molecule has 1 aliphatic rings. The standard InChI is InChI=1S/C11H13Cl3N2O5S2/c1-5-3-16(10(19)15-9(5)18)8-2-7(6(4-17)21-8)23(20)22-11(12,13)14/h3,6-8,17H,2,4H2,1H3,(H,15,18,19)/t6-,7-,8-,23?/m1/s1. The Bertz CT molecular complexity index is 717. The number of hydrogen-bond donors (Lipinski definition) is 2. The highest BCUT2D eigenvalue weighted by Crippen LogP contribution is 2.45. The summed E-state index contributed by atoms with van der Waals surface area (Å²) in [5.41, 5.74) is -0.813. The van der Waals surface area contributed by atoms with Crippen molar-refractivity contribution in [1.82, 2.24) is 9.55 Å². The molecule has 1 aromatic rings. The van der Waals surface area contributed by atoms with Crippen LogP contribution in [0.2, 0.25) is 0 Å². The average Bonchev–Trinajstić information content (AvgIpc) is 2.85. The van der Waals surface area contributed by atoms with E-state index in [1.165, 1.54) is 10.8 Å². The molecule has 0 aliphatic carbocycles. The van der Waals surface area contributed by atoms with Gasteiger partial charge in [-0.05, 0) is 17.7 Å². The Morgan fingerprint density at radius 2 is 2.17 bits per heavy atom. The smallest absolute Gasteiger partial charge is 0.330 e. The maximum atomic E-state index is 12.3. The predicted octanol–water partition coefficient (Wildman–Crippen LogP) is 1.22. The summed E-state index contributed by atoms with van der Waals surface area (Å²) in [6.45, 7) is 1.14. The van der Waals surface area contributed by atoms with Gasteiger partial charge < -0.3 is 9.84 Å². The Labute approximate surface area is 152 Å². The summed E-state index contributed by atoms with van der Waals surface area (Å²) in [5.74, 6) is 0. The van der Waals surface area contributed by atoms with E-state index in [2.05, 4.69) is 4.98 Å². The third-order valence-electron chi connectivity index (χ3n) is 3.24. The maximum absolute atomic E-state index is 12.3. The molecule has 1 aliphatic heterocycles. The number of halogens is 3. The molecule has 1 unspecified atom stereocenters. The third kappa shape index (κ3) is 4.75. The lowest BCUT2D eigenvalue weighted by atomic mass is 10.2. The number of nitrogens with zero attached hydrogens (tertiary/aromatic N) is 1. The van der Waals surface area contributed by atoms with Gasteiger partial charge in [0.1, 0.15) is 6.23 Å². The molecule has 0 radical (unpaired) electrons. The second-order valence-corrected chi connectivity index (χ2v) is 11.2. The molecular formula is C11H13Cl3N2O5S2. The molecule has 2 heterocycles. The molecule has 2 N–H and O–H groups in total. The molecular weight excluding hydrogens is 411 g/mol. The minimum absolute atomic E-state index is 0.164. The minimum atomic E-state index is -1.77. The first-order chi connectivity index (χ1) is 10.6. The van der Waals surface area contributed by atoms with Gasteiger partial charge in [0.15, 0.2) is 0 Å². The summed E-state index contributed by atoms with van der Waals surface area (Å²) in [5, 5.41) is 8.77. The van der Waals surface area contributed by atoms with Crippen LogP contribution in [0.5, 0.6) is 0 Å². The average molecular weight is 424 g/mol. The molecule has 7 nitrogen and oxygen atoms in total. The normalized spacial score (nSPS) is 26.4. The van der Waals surface area contributed by atoms with Crippen LogP contribution < -0.4 is 11.2 Å². The molecule has 1 aromatic heterocycles. The van der Waals surface area contributed by atoms with E-state index < -0.39 is 48.4 Å². The van der Waals surface area contributed by atoms with Gasteiger partial charge in [0.25, 0.3) is 5.56 Å². The molecule has 4 atom stereocenters. The van der Waals surface area contributed by atoms with Crippen molar-refractivity contribution < 1.29 is 14.1 Å². The van der Waals surface area contributed by atoms with E-state index in [1.807, 2.05) is 0 Å². The van der Waals surface area contributed by atoms with Crippen molar-refractivity contribution in [2.75, 3.05) is 6.61 Å². The number of hydrogen-bond acceptors (Lipinski definition) is 6. The molecule has 23 heavy (non-hydrogen) atoms. The largest absolute Gasteiger partial charge is 0.394 e. The third-order valence-corrected chi connectivity index (χ3v) is 8.09. The number of aliphatic hydroxyl groups is 1. The van der Waals surface area contributed by atoms with Gasteiger partial charge in [-0.2, -0.15) is 0 Å². The summed E-state index contributed by atoms with van der Waals surface area (Å²) in [7, 11) is -1.04. The van der Waals surface area contributed by atoms with Crippen LogP contribution in [0.25, 0.3) is 0 Å². The Kier molecular flexibility index (Phi) is 6.26. The van der Waals surface area contributed by atoms with Gasteiger partial charge in [-0.25, -0.2) is 9.00 Å². The van der Waals surface area contributed by atoms with Crippen LogP contribution in [0.15, 0.2) is 15.8 Å². The van der Waals surface area contributed by atoms with Crippen molar-refractivity contribution in [3.63, 3.8) is 0 Å². The van der Waals surface area contributed by atoms with Crippen LogP contribution in [0.4, 0.5) is 0 Å². The lowest BCUT2D eigenvalue weighted by Gasteiger charge is -2.17. The van der Waals surface area contributed by atoms with Gasteiger partial charge in [-0.3, -0.25) is 14.3 Å². The summed E-state index contributed by atoms with van der Waals surface area (Å²) in [6, 6.07) is 0. The van der Waals surface area contributed by atoms with Crippen LogP contribution >= 0.6 is 45.6 Å². The lowest BCUT2D eigenvalue weighted by molar-refractivity contribution is -0.0239. The number of rotatable bonds is 4. The van der Waals surface area contributed by atoms with Crippen LogP contribution in [0, 0.1) is 6.92 Å². The lowest BCUT2D eigenvalue weighted by Crippen LogP contribution is -2.33. The zero-order chi connectivity index (χ0) is 17.4. The van der Waals surface area contributed by atoms with Crippen LogP contribution in [-0.2, 0) is 14.6 Å². The van der Waals surface area contributed by atoms with Gasteiger partial charge in [-0.1, -0.05) is 34.8 Å². The van der Waals surface area contributed by atoms with Crippen molar-refractivity contribution in [2.24, 2.45) is 0 Å². The Hall–Kier alpha value is -0.0300. The summed E-state index contributed by atoms with van der Waals surface area (Å²) in [4.78, 5) is 25.5. The second kappa shape index (κ2) is 7.47. The summed E-state index contributed by atoms with van der Waals surface area (Å²) in [6.07, 6.45) is -0.0371. The Morgan fingerprint density at radius 3 is 2.74 bits per heavy atom. The van der Waals surface area contributed by atoms with Gasteiger partial charge in [0.05, 0.1) is 27.8 Å². The quantitative estimate of drug-likeness (QED) is 0.558. The highest BCUT2D eigenvalue weighted by atomic mass is 35.6. The summed E-state index contributed by atoms with van der Waals surface area (Å²) < 4.78 is 17.3. The molecule has 0 saturated carbocycles. The van der Waals surface area contributed by atoms with Crippen molar-refractivity contribution >= 4 is 55.4 Å². The zero-order valence-corrected chi connectivity index (χ0v) is 15.6. The maximum Gasteiger partial charge on any atom is 0.330 e. The van der Waals surface area contributed by atoms with Crippen molar-refractivity contribution in [3.05, 3.63) is 32.6 Å². The number of nitrogens with one attached hydrogen (secondary N) is 1. The van der Waals surface area contributed by atoms with Crippen LogP contribution in [0.3, 0.4) is 0 Å². The number of aromatic nitrogens is 2. The fraction of sp³-hybridized carbons (Fsp3) is 0.636. The predicted molar refractivity (Wildman–Crippen MR) is 91.5 cm³/mol. The monoisotopic (exact) mass is 422 g/mol. The highest BCUT2D eigenvalue weighted by molar-refractivity contribution is 8.71. The Morgan fingerprint density at radius 1 is 1.52 bits per heavy atom. The van der Waals surface area contributed by atoms with Crippen molar-refractivity contribution in [1.29, 1.82) is 0 Å².